The van der Waals surface area contributed by atoms with Crippen molar-refractivity contribution in [3.05, 3.63) is 143 Å². The molecule has 256 valence electrons. The molecule has 11 rings (SSSR count). The Balaban J connectivity index is 1.33. The highest BCUT2D eigenvalue weighted by molar-refractivity contribution is 7.94. The molecule has 1 spiro atoms. The highest BCUT2D eigenvalue weighted by Gasteiger charge is 2.52. The van der Waals surface area contributed by atoms with Crippen molar-refractivity contribution in [3.8, 4) is 11.1 Å². The molecule has 0 bridgehead atoms. The standard InChI is InChI=1S/C43H26N2O6S2/c1-21-17-33-29(19-35(21)52-51-50-46)30-20-36(53(47,48)49)22(2)18-34(30)43(33)31-15-7-13-27-37(31)38-28(14-8-16-32(38)43)42-41(27)44-39-25-11-5-3-9-23(25)24-10-4-6-12-26(24)40(39)45-42/h3-20,46H,1-2H3,(H,47,48,49). The van der Waals surface area contributed by atoms with Crippen LogP contribution in [0.25, 0.3) is 76.3 Å². The Bertz CT molecular complexity index is 3150. The Morgan fingerprint density at radius 3 is 1.58 bits per heavy atom. The molecule has 0 saturated carbocycles. The Kier molecular flexibility index (Phi) is 6.20. The van der Waals surface area contributed by atoms with E-state index in [1.165, 1.54) is 0 Å². The molecule has 2 N–H and O–H groups in total. The van der Waals surface area contributed by atoms with Crippen LogP contribution in [0.3, 0.4) is 0 Å². The maximum absolute atomic E-state index is 12.7. The van der Waals surface area contributed by atoms with Crippen LogP contribution in [0.4, 0.5) is 0 Å². The van der Waals surface area contributed by atoms with Gasteiger partial charge in [0.05, 0.1) is 44.4 Å². The van der Waals surface area contributed by atoms with Gasteiger partial charge >= 0.3 is 0 Å². The highest BCUT2D eigenvalue weighted by atomic mass is 32.2. The lowest BCUT2D eigenvalue weighted by atomic mass is 9.69. The molecule has 8 nitrogen and oxygen atoms in total. The van der Waals surface area contributed by atoms with Gasteiger partial charge in [-0.1, -0.05) is 102 Å². The van der Waals surface area contributed by atoms with E-state index in [2.05, 4.69) is 83.9 Å². The number of hydrogen-bond donors (Lipinski definition) is 2. The molecule has 0 aliphatic heterocycles. The molecule has 0 amide bonds. The van der Waals surface area contributed by atoms with Crippen LogP contribution in [0.2, 0.25) is 0 Å². The van der Waals surface area contributed by atoms with Crippen molar-refractivity contribution in [2.75, 3.05) is 0 Å². The SMILES string of the molecule is Cc1cc2c(cc1SOOO)-c1cc(S(=O)(=O)O)c(C)cc1C21c2cccc3c4nc5c6ccccc6c6ccccc6c5nc4c4cccc1c4c23. The van der Waals surface area contributed by atoms with Gasteiger partial charge in [0.1, 0.15) is 0 Å². The van der Waals surface area contributed by atoms with Crippen LogP contribution in [-0.2, 0) is 24.9 Å². The first kappa shape index (κ1) is 31.1. The predicted octanol–water partition coefficient (Wildman–Crippen LogP) is 10.4. The molecular weight excluding hydrogens is 705 g/mol. The van der Waals surface area contributed by atoms with E-state index in [1.807, 2.05) is 31.2 Å². The summed E-state index contributed by atoms with van der Waals surface area (Å²) in [5.74, 6) is 0. The van der Waals surface area contributed by atoms with Gasteiger partial charge in [-0.15, -0.1) is 4.33 Å². The summed E-state index contributed by atoms with van der Waals surface area (Å²) in [6.07, 6.45) is 0. The summed E-state index contributed by atoms with van der Waals surface area (Å²) in [5.41, 5.74) is 9.25. The first-order chi connectivity index (χ1) is 25.7. The lowest BCUT2D eigenvalue weighted by molar-refractivity contribution is -0.432. The lowest BCUT2D eigenvalue weighted by Crippen LogP contribution is -2.26. The largest absolute Gasteiger partial charge is 0.294 e. The number of benzene rings is 8. The van der Waals surface area contributed by atoms with E-state index in [-0.39, 0.29) is 4.90 Å². The molecular formula is C43H26N2O6S2. The topological polar surface area (TPSA) is 119 Å². The molecule has 2 aliphatic rings. The van der Waals surface area contributed by atoms with Gasteiger partial charge in [0.15, 0.2) is 0 Å². The van der Waals surface area contributed by atoms with Gasteiger partial charge in [-0.2, -0.15) is 8.42 Å². The summed E-state index contributed by atoms with van der Waals surface area (Å²) in [7, 11) is -4.54. The molecule has 0 radical (unpaired) electrons. The Morgan fingerprint density at radius 1 is 0.585 bits per heavy atom. The van der Waals surface area contributed by atoms with Crippen LogP contribution >= 0.6 is 12.0 Å². The highest BCUT2D eigenvalue weighted by Crippen LogP contribution is 2.64. The number of nitrogens with zero attached hydrogens (tertiary/aromatic N) is 2. The molecule has 0 fully saturated rings. The summed E-state index contributed by atoms with van der Waals surface area (Å²) < 4.78 is 40.6. The summed E-state index contributed by atoms with van der Waals surface area (Å²) in [5, 5.41) is 21.4. The summed E-state index contributed by atoms with van der Waals surface area (Å²) in [6.45, 7) is 3.67. The molecule has 8 aromatic carbocycles. The van der Waals surface area contributed by atoms with Crippen molar-refractivity contribution >= 4 is 87.3 Å². The first-order valence-electron chi connectivity index (χ1n) is 17.0. The van der Waals surface area contributed by atoms with Gasteiger partial charge in [-0.3, -0.25) is 4.55 Å². The zero-order valence-corrected chi connectivity index (χ0v) is 29.8. The van der Waals surface area contributed by atoms with Crippen molar-refractivity contribution in [2.45, 2.75) is 29.1 Å². The van der Waals surface area contributed by atoms with Gasteiger partial charge in [0, 0.05) is 26.4 Å². The van der Waals surface area contributed by atoms with Gasteiger partial charge in [-0.25, -0.2) is 15.2 Å². The third-order valence-electron chi connectivity index (χ3n) is 11.4. The maximum Gasteiger partial charge on any atom is 0.294 e. The minimum atomic E-state index is -4.54. The third-order valence-corrected chi connectivity index (χ3v) is 13.2. The first-order valence-corrected chi connectivity index (χ1v) is 19.2. The molecule has 0 saturated heterocycles. The zero-order chi connectivity index (χ0) is 36.0. The molecule has 1 heterocycles. The van der Waals surface area contributed by atoms with Crippen LogP contribution in [0.1, 0.15) is 33.4 Å². The summed E-state index contributed by atoms with van der Waals surface area (Å²) >= 11 is 0.855. The number of rotatable bonds is 4. The maximum atomic E-state index is 12.7. The van der Waals surface area contributed by atoms with Crippen LogP contribution in [0.15, 0.2) is 119 Å². The Morgan fingerprint density at radius 2 is 1.06 bits per heavy atom. The Hall–Kier alpha value is -5.46. The molecule has 9 aromatic rings. The van der Waals surface area contributed by atoms with Crippen LogP contribution < -0.4 is 0 Å². The second-order valence-corrected chi connectivity index (χ2v) is 16.1. The van der Waals surface area contributed by atoms with Gasteiger partial charge < -0.3 is 0 Å². The van der Waals surface area contributed by atoms with Gasteiger partial charge in [0.25, 0.3) is 10.1 Å². The average molecular weight is 731 g/mol. The van der Waals surface area contributed by atoms with E-state index in [0.717, 1.165) is 111 Å². The fourth-order valence-corrected chi connectivity index (χ4v) is 10.6. The predicted molar refractivity (Wildman–Crippen MR) is 208 cm³/mol. The fourth-order valence-electron chi connectivity index (χ4n) is 9.43. The van der Waals surface area contributed by atoms with Crippen LogP contribution in [0, 0.1) is 13.8 Å². The van der Waals surface area contributed by atoms with E-state index >= 15 is 0 Å². The second-order valence-electron chi connectivity index (χ2n) is 13.9. The van der Waals surface area contributed by atoms with E-state index in [1.54, 1.807) is 13.0 Å². The van der Waals surface area contributed by atoms with Crippen LogP contribution in [-0.4, -0.2) is 28.2 Å². The average Bonchev–Trinajstić information content (AvgIpc) is 3.62. The van der Waals surface area contributed by atoms with Gasteiger partial charge in [-0.05, 0) is 92.0 Å². The number of aromatic nitrogens is 2. The molecule has 2 aliphatic carbocycles. The lowest BCUT2D eigenvalue weighted by Gasteiger charge is -2.31. The van der Waals surface area contributed by atoms with Gasteiger partial charge in [0.2, 0.25) is 0 Å². The molecule has 0 atom stereocenters. The van der Waals surface area contributed by atoms with Crippen molar-refractivity contribution in [1.82, 2.24) is 9.97 Å². The quantitative estimate of drug-likeness (QED) is 0.0455. The molecule has 10 heteroatoms. The van der Waals surface area contributed by atoms with Crippen molar-refractivity contribution in [1.29, 1.82) is 0 Å². The van der Waals surface area contributed by atoms with Crippen molar-refractivity contribution < 1.29 is 27.6 Å². The summed E-state index contributed by atoms with van der Waals surface area (Å²) in [4.78, 5) is 11.5. The molecule has 53 heavy (non-hydrogen) atoms. The van der Waals surface area contributed by atoms with Crippen LogP contribution in [0.5, 0.6) is 0 Å². The van der Waals surface area contributed by atoms with E-state index in [4.69, 9.17) is 19.6 Å². The molecule has 0 unspecified atom stereocenters. The van der Waals surface area contributed by atoms with Crippen molar-refractivity contribution in [3.63, 3.8) is 0 Å². The third kappa shape index (κ3) is 3.87. The van der Waals surface area contributed by atoms with E-state index < -0.39 is 15.5 Å². The van der Waals surface area contributed by atoms with E-state index in [9.17, 15) is 13.0 Å². The van der Waals surface area contributed by atoms with Crippen molar-refractivity contribution in [2.24, 2.45) is 0 Å². The monoisotopic (exact) mass is 730 g/mol. The number of aryl methyl sites for hydroxylation is 2. The second kappa shape index (κ2) is 10.6. The summed E-state index contributed by atoms with van der Waals surface area (Å²) in [6, 6.07) is 37.0. The zero-order valence-electron chi connectivity index (χ0n) is 28.1. The Labute approximate surface area is 306 Å². The smallest absolute Gasteiger partial charge is 0.282 e. The number of hydrogen-bond acceptors (Lipinski definition) is 8. The van der Waals surface area contributed by atoms with E-state index in [0.29, 0.717) is 16.0 Å². The molecule has 1 aromatic heterocycles. The normalized spacial score (nSPS) is 14.2. The number of fused-ring (bicyclic) bond motifs is 16. The minimum absolute atomic E-state index is 0.152. The minimum Gasteiger partial charge on any atom is -0.282 e. The fraction of sp³-hybridized carbons (Fsp3) is 0.0698.